The van der Waals surface area contributed by atoms with E-state index in [1.807, 2.05) is 23.1 Å². The van der Waals surface area contributed by atoms with Crippen LogP contribution in [0.15, 0.2) is 23.1 Å². The van der Waals surface area contributed by atoms with Gasteiger partial charge in [0.05, 0.1) is 5.69 Å². The summed E-state index contributed by atoms with van der Waals surface area (Å²) in [7, 11) is 0. The van der Waals surface area contributed by atoms with Crippen molar-refractivity contribution in [3.8, 4) is 0 Å². The molecule has 1 fully saturated rings. The molecular formula is C18H25N3O2S. The maximum atomic E-state index is 12.8. The highest BCUT2D eigenvalue weighted by atomic mass is 32.2. The number of anilines is 1. The minimum Gasteiger partial charge on any atom is -0.336 e. The maximum absolute atomic E-state index is 12.8. The number of rotatable bonds is 3. The molecule has 24 heavy (non-hydrogen) atoms. The molecule has 0 unspecified atom stereocenters. The molecular weight excluding hydrogens is 322 g/mol. The zero-order valence-corrected chi connectivity index (χ0v) is 15.2. The molecule has 0 atom stereocenters. The molecule has 3 rings (SSSR count). The van der Waals surface area contributed by atoms with Crippen LogP contribution in [-0.2, 0) is 4.79 Å². The Balaban J connectivity index is 1.67. The van der Waals surface area contributed by atoms with Gasteiger partial charge in [0.15, 0.2) is 0 Å². The number of nitrogens with zero attached hydrogens (tertiary/aromatic N) is 2. The summed E-state index contributed by atoms with van der Waals surface area (Å²) < 4.78 is 0. The molecule has 2 aliphatic rings. The Hall–Kier alpha value is -1.53. The molecule has 5 nitrogen and oxygen atoms in total. The lowest BCUT2D eigenvalue weighted by Crippen LogP contribution is -2.49. The van der Waals surface area contributed by atoms with E-state index in [0.717, 1.165) is 49.1 Å². The van der Waals surface area contributed by atoms with Crippen molar-refractivity contribution in [3.63, 3.8) is 0 Å². The van der Waals surface area contributed by atoms with E-state index in [0.29, 0.717) is 17.9 Å². The summed E-state index contributed by atoms with van der Waals surface area (Å²) in [5.41, 5.74) is 1.43. The first-order valence-electron chi connectivity index (χ1n) is 8.61. The predicted octanol–water partition coefficient (Wildman–Crippen LogP) is 2.53. The van der Waals surface area contributed by atoms with E-state index in [-0.39, 0.29) is 11.8 Å². The summed E-state index contributed by atoms with van der Waals surface area (Å²) in [6.07, 6.45) is 0.514. The molecule has 0 spiro atoms. The fraction of sp³-hybridized carbons (Fsp3) is 0.556. The summed E-state index contributed by atoms with van der Waals surface area (Å²) in [6, 6.07) is 5.66. The third kappa shape index (κ3) is 4.11. The Morgan fingerprint density at radius 1 is 1.25 bits per heavy atom. The Bertz CT molecular complexity index is 625. The lowest BCUT2D eigenvalue weighted by molar-refractivity contribution is -0.115. The van der Waals surface area contributed by atoms with Crippen LogP contribution in [0.3, 0.4) is 0 Å². The van der Waals surface area contributed by atoms with Gasteiger partial charge in [-0.1, -0.05) is 13.8 Å². The molecule has 1 aromatic rings. The van der Waals surface area contributed by atoms with Gasteiger partial charge in [-0.3, -0.25) is 14.5 Å². The first-order chi connectivity index (χ1) is 11.5. The summed E-state index contributed by atoms with van der Waals surface area (Å²) in [4.78, 5) is 29.9. The summed E-state index contributed by atoms with van der Waals surface area (Å²) >= 11 is 1.66. The van der Waals surface area contributed by atoms with E-state index in [4.69, 9.17) is 0 Å². The van der Waals surface area contributed by atoms with Gasteiger partial charge in [-0.2, -0.15) is 0 Å². The summed E-state index contributed by atoms with van der Waals surface area (Å²) in [6.45, 7) is 8.93. The van der Waals surface area contributed by atoms with Crippen molar-refractivity contribution in [2.24, 2.45) is 5.92 Å². The monoisotopic (exact) mass is 347 g/mol. The van der Waals surface area contributed by atoms with Crippen molar-refractivity contribution in [3.05, 3.63) is 23.8 Å². The molecule has 0 radical (unpaired) electrons. The Kier molecular flexibility index (Phi) is 5.46. The number of amides is 2. The smallest absolute Gasteiger partial charge is 0.254 e. The van der Waals surface area contributed by atoms with Crippen LogP contribution in [0.25, 0.3) is 0 Å². The first kappa shape index (κ1) is 17.3. The number of carbonyl (C=O) groups is 2. The van der Waals surface area contributed by atoms with Gasteiger partial charge in [0.1, 0.15) is 0 Å². The number of piperazine rings is 1. The molecule has 2 amide bonds. The van der Waals surface area contributed by atoms with Gasteiger partial charge in [-0.25, -0.2) is 0 Å². The average molecular weight is 347 g/mol. The van der Waals surface area contributed by atoms with Crippen LogP contribution in [0.2, 0.25) is 0 Å². The number of hydrogen-bond acceptors (Lipinski definition) is 4. The normalized spacial score (nSPS) is 19.0. The van der Waals surface area contributed by atoms with Crippen molar-refractivity contribution < 1.29 is 9.59 Å². The number of benzene rings is 1. The zero-order valence-electron chi connectivity index (χ0n) is 14.4. The highest BCUT2D eigenvalue weighted by Crippen LogP contribution is 2.31. The average Bonchev–Trinajstić information content (AvgIpc) is 2.74. The third-order valence-corrected chi connectivity index (χ3v) is 5.45. The van der Waals surface area contributed by atoms with Gasteiger partial charge < -0.3 is 10.2 Å². The van der Waals surface area contributed by atoms with E-state index in [2.05, 4.69) is 24.1 Å². The number of fused-ring (bicyclic) bond motifs is 1. The molecule has 2 aliphatic heterocycles. The van der Waals surface area contributed by atoms with Crippen LogP contribution in [0.1, 0.15) is 30.6 Å². The fourth-order valence-corrected chi connectivity index (χ4v) is 4.12. The van der Waals surface area contributed by atoms with Crippen molar-refractivity contribution in [1.82, 2.24) is 9.80 Å². The van der Waals surface area contributed by atoms with E-state index in [1.165, 1.54) is 0 Å². The molecule has 1 aromatic carbocycles. The minimum atomic E-state index is 0.0214. The molecule has 0 aliphatic carbocycles. The van der Waals surface area contributed by atoms with E-state index < -0.39 is 0 Å². The molecule has 6 heteroatoms. The number of hydrogen-bond donors (Lipinski definition) is 1. The van der Waals surface area contributed by atoms with E-state index >= 15 is 0 Å². The summed E-state index contributed by atoms with van der Waals surface area (Å²) in [5, 5.41) is 2.91. The standard InChI is InChI=1S/C18H25N3O2S/c1-13(2)12-20-6-8-21(9-7-20)18(23)14-3-4-16-15(11-14)19-17(22)5-10-24-16/h3-4,11,13H,5-10,12H2,1-2H3,(H,19,22). The van der Waals surface area contributed by atoms with Crippen LogP contribution >= 0.6 is 11.8 Å². The van der Waals surface area contributed by atoms with E-state index in [1.54, 1.807) is 11.8 Å². The van der Waals surface area contributed by atoms with Crippen LogP contribution < -0.4 is 5.32 Å². The minimum absolute atomic E-state index is 0.0214. The van der Waals surface area contributed by atoms with Crippen LogP contribution in [0.4, 0.5) is 5.69 Å². The quantitative estimate of drug-likeness (QED) is 0.913. The third-order valence-electron chi connectivity index (χ3n) is 4.37. The number of carbonyl (C=O) groups excluding carboxylic acids is 2. The van der Waals surface area contributed by atoms with Crippen molar-refractivity contribution in [2.75, 3.05) is 43.8 Å². The van der Waals surface area contributed by atoms with Gasteiger partial charge in [-0.15, -0.1) is 11.8 Å². The Labute approximate surface area is 147 Å². The second-order valence-electron chi connectivity index (χ2n) is 6.84. The Morgan fingerprint density at radius 2 is 2.00 bits per heavy atom. The van der Waals surface area contributed by atoms with Crippen LogP contribution in [0.5, 0.6) is 0 Å². The van der Waals surface area contributed by atoms with Gasteiger partial charge in [0.2, 0.25) is 5.91 Å². The van der Waals surface area contributed by atoms with Crippen molar-refractivity contribution in [2.45, 2.75) is 25.2 Å². The zero-order chi connectivity index (χ0) is 17.1. The Morgan fingerprint density at radius 3 is 2.71 bits per heavy atom. The van der Waals surface area contributed by atoms with E-state index in [9.17, 15) is 9.59 Å². The van der Waals surface area contributed by atoms with Gasteiger partial charge in [-0.05, 0) is 24.1 Å². The summed E-state index contributed by atoms with van der Waals surface area (Å²) in [5.74, 6) is 1.51. The lowest BCUT2D eigenvalue weighted by Gasteiger charge is -2.35. The number of thioether (sulfide) groups is 1. The second-order valence-corrected chi connectivity index (χ2v) is 7.98. The fourth-order valence-electron chi connectivity index (χ4n) is 3.19. The SMILES string of the molecule is CC(C)CN1CCN(C(=O)c2ccc3c(c2)NC(=O)CCS3)CC1. The first-order valence-corrected chi connectivity index (χ1v) is 9.60. The molecule has 0 bridgehead atoms. The van der Waals surface area contributed by atoms with Gasteiger partial charge in [0.25, 0.3) is 5.91 Å². The van der Waals surface area contributed by atoms with Crippen LogP contribution in [0, 0.1) is 5.92 Å². The maximum Gasteiger partial charge on any atom is 0.254 e. The molecule has 130 valence electrons. The second kappa shape index (κ2) is 7.57. The molecule has 1 N–H and O–H groups in total. The highest BCUT2D eigenvalue weighted by Gasteiger charge is 2.23. The predicted molar refractivity (Wildman–Crippen MR) is 97.6 cm³/mol. The van der Waals surface area contributed by atoms with Gasteiger partial charge in [0, 0.05) is 55.4 Å². The molecule has 2 heterocycles. The van der Waals surface area contributed by atoms with Crippen molar-refractivity contribution in [1.29, 1.82) is 0 Å². The van der Waals surface area contributed by atoms with Crippen LogP contribution in [-0.4, -0.2) is 60.1 Å². The topological polar surface area (TPSA) is 52.6 Å². The highest BCUT2D eigenvalue weighted by molar-refractivity contribution is 7.99. The lowest BCUT2D eigenvalue weighted by atomic mass is 10.1. The van der Waals surface area contributed by atoms with Gasteiger partial charge >= 0.3 is 0 Å². The number of nitrogens with one attached hydrogen (secondary N) is 1. The molecule has 0 saturated carbocycles. The molecule has 1 saturated heterocycles. The largest absolute Gasteiger partial charge is 0.336 e. The molecule has 0 aromatic heterocycles. The van der Waals surface area contributed by atoms with Crippen molar-refractivity contribution >= 4 is 29.3 Å².